The van der Waals surface area contributed by atoms with Crippen LogP contribution in [-0.2, 0) is 10.0 Å². The first kappa shape index (κ1) is 19.9. The maximum atomic E-state index is 13.2. The highest BCUT2D eigenvalue weighted by Gasteiger charge is 2.31. The standard InChI is InChI=1S/C19H22N4O4S2/c1-13-18(12-17(28-13)19-20-14(2)27-21-19)29(24,25)23-9-7-22(8-10-23)15-5-4-6-16(11-15)26-3/h4-6,11-12H,7-10H2,1-3H3. The minimum atomic E-state index is -3.59. The van der Waals surface area contributed by atoms with E-state index in [4.69, 9.17) is 9.26 Å². The van der Waals surface area contributed by atoms with Crippen LogP contribution in [0.1, 0.15) is 10.8 Å². The lowest BCUT2D eigenvalue weighted by molar-refractivity contribution is 0.384. The van der Waals surface area contributed by atoms with E-state index in [0.29, 0.717) is 47.7 Å². The Labute approximate surface area is 173 Å². The van der Waals surface area contributed by atoms with Gasteiger partial charge in [-0.05, 0) is 25.1 Å². The van der Waals surface area contributed by atoms with E-state index in [-0.39, 0.29) is 0 Å². The summed E-state index contributed by atoms with van der Waals surface area (Å²) < 4.78 is 38.3. The van der Waals surface area contributed by atoms with Crippen molar-refractivity contribution >= 4 is 27.0 Å². The number of piperazine rings is 1. The van der Waals surface area contributed by atoms with Crippen molar-refractivity contribution in [2.45, 2.75) is 18.7 Å². The molecule has 0 amide bonds. The number of nitrogens with zero attached hydrogens (tertiary/aromatic N) is 4. The van der Waals surface area contributed by atoms with Crippen LogP contribution in [-0.4, -0.2) is 56.2 Å². The van der Waals surface area contributed by atoms with E-state index in [1.54, 1.807) is 31.3 Å². The van der Waals surface area contributed by atoms with Crippen LogP contribution in [0.3, 0.4) is 0 Å². The molecule has 1 aliphatic heterocycles. The highest BCUT2D eigenvalue weighted by molar-refractivity contribution is 7.89. The maximum Gasteiger partial charge on any atom is 0.244 e. The number of benzene rings is 1. The predicted molar refractivity (Wildman–Crippen MR) is 111 cm³/mol. The van der Waals surface area contributed by atoms with Crippen molar-refractivity contribution in [1.82, 2.24) is 14.4 Å². The van der Waals surface area contributed by atoms with Crippen LogP contribution in [0.25, 0.3) is 10.7 Å². The van der Waals surface area contributed by atoms with E-state index >= 15 is 0 Å². The summed E-state index contributed by atoms with van der Waals surface area (Å²) in [7, 11) is -1.95. The number of thiophene rings is 1. The summed E-state index contributed by atoms with van der Waals surface area (Å²) in [5, 5.41) is 3.89. The third-order valence-corrected chi connectivity index (χ3v) is 8.10. The third-order valence-electron chi connectivity index (χ3n) is 4.90. The van der Waals surface area contributed by atoms with Gasteiger partial charge >= 0.3 is 0 Å². The van der Waals surface area contributed by atoms with E-state index in [0.717, 1.165) is 16.3 Å². The summed E-state index contributed by atoms with van der Waals surface area (Å²) >= 11 is 1.36. The molecule has 0 spiro atoms. The second-order valence-corrected chi connectivity index (χ2v) is 9.92. The minimum absolute atomic E-state index is 0.315. The maximum absolute atomic E-state index is 13.2. The fraction of sp³-hybridized carbons (Fsp3) is 0.368. The second-order valence-electron chi connectivity index (χ2n) is 6.76. The van der Waals surface area contributed by atoms with Gasteiger partial charge in [-0.25, -0.2) is 8.42 Å². The molecule has 0 saturated carbocycles. The normalized spacial score (nSPS) is 15.6. The molecule has 0 unspecified atom stereocenters. The number of ether oxygens (including phenoxy) is 1. The lowest BCUT2D eigenvalue weighted by atomic mass is 10.2. The average molecular weight is 435 g/mol. The molecule has 0 radical (unpaired) electrons. The number of anilines is 1. The van der Waals surface area contributed by atoms with Crippen molar-refractivity contribution in [3.8, 4) is 16.5 Å². The molecule has 2 aromatic heterocycles. The van der Waals surface area contributed by atoms with E-state index in [1.165, 1.54) is 11.3 Å². The van der Waals surface area contributed by atoms with Gasteiger partial charge in [0.25, 0.3) is 0 Å². The largest absolute Gasteiger partial charge is 0.497 e. The molecule has 8 nitrogen and oxygen atoms in total. The summed E-state index contributed by atoms with van der Waals surface area (Å²) in [5.41, 5.74) is 1.03. The zero-order chi connectivity index (χ0) is 20.6. The highest BCUT2D eigenvalue weighted by atomic mass is 32.2. The molecule has 0 N–H and O–H groups in total. The molecule has 4 rings (SSSR count). The Balaban J connectivity index is 1.51. The Morgan fingerprint density at radius 2 is 1.90 bits per heavy atom. The number of hydrogen-bond donors (Lipinski definition) is 0. The molecule has 10 heteroatoms. The Morgan fingerprint density at radius 3 is 2.55 bits per heavy atom. The van der Waals surface area contributed by atoms with Crippen molar-refractivity contribution in [1.29, 1.82) is 0 Å². The number of aryl methyl sites for hydroxylation is 2. The van der Waals surface area contributed by atoms with E-state index < -0.39 is 10.0 Å². The smallest absolute Gasteiger partial charge is 0.244 e. The first-order valence-corrected chi connectivity index (χ1v) is 11.4. The molecule has 0 bridgehead atoms. The van der Waals surface area contributed by atoms with Gasteiger partial charge in [-0.3, -0.25) is 0 Å². The van der Waals surface area contributed by atoms with E-state index in [1.807, 2.05) is 24.3 Å². The van der Waals surface area contributed by atoms with Crippen molar-refractivity contribution in [3.63, 3.8) is 0 Å². The number of sulfonamides is 1. The zero-order valence-electron chi connectivity index (χ0n) is 16.5. The van der Waals surface area contributed by atoms with Crippen molar-refractivity contribution < 1.29 is 17.7 Å². The van der Waals surface area contributed by atoms with Gasteiger partial charge in [0.15, 0.2) is 0 Å². The van der Waals surface area contributed by atoms with Crippen LogP contribution in [0.5, 0.6) is 5.75 Å². The van der Waals surface area contributed by atoms with Gasteiger partial charge in [0.2, 0.25) is 21.7 Å². The second kappa shape index (κ2) is 7.77. The topological polar surface area (TPSA) is 88.8 Å². The summed E-state index contributed by atoms with van der Waals surface area (Å²) in [5.74, 6) is 1.65. The molecule has 1 saturated heterocycles. The highest BCUT2D eigenvalue weighted by Crippen LogP contribution is 2.34. The summed E-state index contributed by atoms with van der Waals surface area (Å²) in [6.07, 6.45) is 0. The number of rotatable bonds is 5. The Hall–Kier alpha value is -2.43. The molecule has 1 aliphatic rings. The molecule has 1 fully saturated rings. The van der Waals surface area contributed by atoms with Crippen LogP contribution in [0.15, 0.2) is 39.8 Å². The van der Waals surface area contributed by atoms with Gasteiger partial charge in [-0.1, -0.05) is 11.2 Å². The van der Waals surface area contributed by atoms with Crippen LogP contribution in [0, 0.1) is 13.8 Å². The third kappa shape index (κ3) is 3.87. The lowest BCUT2D eigenvalue weighted by Crippen LogP contribution is -2.48. The Kier molecular flexibility index (Phi) is 5.32. The van der Waals surface area contributed by atoms with E-state index in [2.05, 4.69) is 15.0 Å². The number of aromatic nitrogens is 2. The van der Waals surface area contributed by atoms with E-state index in [9.17, 15) is 8.42 Å². The first-order chi connectivity index (χ1) is 13.9. The van der Waals surface area contributed by atoms with Crippen LogP contribution in [0.4, 0.5) is 5.69 Å². The number of hydrogen-bond acceptors (Lipinski definition) is 8. The quantitative estimate of drug-likeness (QED) is 0.610. The Morgan fingerprint density at radius 1 is 1.14 bits per heavy atom. The van der Waals surface area contributed by atoms with Gasteiger partial charge in [-0.15, -0.1) is 11.3 Å². The molecule has 1 aromatic carbocycles. The van der Waals surface area contributed by atoms with Crippen LogP contribution < -0.4 is 9.64 Å². The molecular formula is C19H22N4O4S2. The first-order valence-electron chi connectivity index (χ1n) is 9.19. The molecule has 3 aromatic rings. The zero-order valence-corrected chi connectivity index (χ0v) is 18.1. The predicted octanol–water partition coefficient (Wildman–Crippen LogP) is 2.93. The molecule has 3 heterocycles. The average Bonchev–Trinajstić information content (AvgIpc) is 3.34. The lowest BCUT2D eigenvalue weighted by Gasteiger charge is -2.35. The van der Waals surface area contributed by atoms with Crippen molar-refractivity contribution in [2.24, 2.45) is 0 Å². The van der Waals surface area contributed by atoms with Gasteiger partial charge in [-0.2, -0.15) is 9.29 Å². The van der Waals surface area contributed by atoms with Gasteiger partial charge in [0.1, 0.15) is 5.75 Å². The summed E-state index contributed by atoms with van der Waals surface area (Å²) in [6, 6.07) is 9.45. The van der Waals surface area contributed by atoms with Crippen LogP contribution >= 0.6 is 11.3 Å². The van der Waals surface area contributed by atoms with Crippen LogP contribution in [0.2, 0.25) is 0 Å². The van der Waals surface area contributed by atoms with Gasteiger partial charge in [0, 0.05) is 49.7 Å². The van der Waals surface area contributed by atoms with Crippen molar-refractivity contribution in [3.05, 3.63) is 41.1 Å². The monoisotopic (exact) mass is 434 g/mol. The summed E-state index contributed by atoms with van der Waals surface area (Å²) in [6.45, 7) is 5.59. The SMILES string of the molecule is COc1cccc(N2CCN(S(=O)(=O)c3cc(-c4noc(C)n4)sc3C)CC2)c1. The molecule has 29 heavy (non-hydrogen) atoms. The molecule has 154 valence electrons. The fourth-order valence-corrected chi connectivity index (χ4v) is 6.27. The molecule has 0 atom stereocenters. The number of methoxy groups -OCH3 is 1. The van der Waals surface area contributed by atoms with Gasteiger partial charge in [0.05, 0.1) is 16.9 Å². The molecular weight excluding hydrogens is 412 g/mol. The fourth-order valence-electron chi connectivity index (χ4n) is 3.36. The van der Waals surface area contributed by atoms with Gasteiger partial charge < -0.3 is 14.2 Å². The molecule has 0 aliphatic carbocycles. The summed E-state index contributed by atoms with van der Waals surface area (Å²) in [4.78, 5) is 8.09. The van der Waals surface area contributed by atoms with Crippen molar-refractivity contribution in [2.75, 3.05) is 38.2 Å². The Bertz CT molecular complexity index is 1110. The minimum Gasteiger partial charge on any atom is -0.497 e.